The maximum absolute atomic E-state index is 9.82. The molecule has 5 heteroatoms. The summed E-state index contributed by atoms with van der Waals surface area (Å²) in [4.78, 5) is 8.53. The van der Waals surface area contributed by atoms with Gasteiger partial charge < -0.3 is 10.2 Å². The van der Waals surface area contributed by atoms with Crippen molar-refractivity contribution >= 4 is 22.5 Å². The van der Waals surface area contributed by atoms with Crippen molar-refractivity contribution in [3.8, 4) is 22.9 Å². The number of halogens is 1. The number of fused-ring (bicyclic) bond motifs is 1. The van der Waals surface area contributed by atoms with Crippen LogP contribution >= 0.6 is 11.6 Å². The maximum atomic E-state index is 9.82. The van der Waals surface area contributed by atoms with E-state index in [1.54, 1.807) is 6.07 Å². The Hall–Kier alpha value is -2.33. The predicted octanol–water partition coefficient (Wildman–Crippen LogP) is 4.39. The topological polar surface area (TPSA) is 66.2 Å². The molecule has 0 aliphatic carbocycles. The number of para-hydroxylation sites is 1. The molecule has 0 aliphatic heterocycles. The number of phenolic OH excluding ortho intramolecular Hbond substituents is 2. The lowest BCUT2D eigenvalue weighted by atomic mass is 10.1. The van der Waals surface area contributed by atoms with Gasteiger partial charge in [-0.1, -0.05) is 37.6 Å². The zero-order valence-corrected chi connectivity index (χ0v) is 12.5. The minimum absolute atomic E-state index is 0.0202. The number of aromatic nitrogens is 2. The van der Waals surface area contributed by atoms with Crippen LogP contribution in [0.2, 0.25) is 5.15 Å². The molecule has 3 aromatic rings. The van der Waals surface area contributed by atoms with Crippen molar-refractivity contribution in [1.29, 1.82) is 0 Å². The third-order valence-corrected chi connectivity index (χ3v) is 3.07. The fourth-order valence-corrected chi connectivity index (χ4v) is 2.11. The molecule has 3 rings (SSSR count). The third-order valence-electron chi connectivity index (χ3n) is 2.78. The van der Waals surface area contributed by atoms with Crippen LogP contribution in [0.25, 0.3) is 22.3 Å². The molecule has 4 nitrogen and oxygen atoms in total. The smallest absolute Gasteiger partial charge is 0.165 e. The summed E-state index contributed by atoms with van der Waals surface area (Å²) in [6, 6.07) is 11.6. The molecule has 0 aliphatic rings. The number of nitrogens with zero attached hydrogens (tertiary/aromatic N) is 2. The minimum atomic E-state index is -0.0913. The lowest BCUT2D eigenvalue weighted by molar-refractivity contribution is 0.451. The van der Waals surface area contributed by atoms with Gasteiger partial charge in [-0.05, 0) is 24.3 Å². The van der Waals surface area contributed by atoms with Gasteiger partial charge in [0, 0.05) is 11.5 Å². The highest BCUT2D eigenvalue weighted by molar-refractivity contribution is 6.34. The Labute approximate surface area is 127 Å². The van der Waals surface area contributed by atoms with Gasteiger partial charge in [-0.15, -0.1) is 0 Å². The summed E-state index contributed by atoms with van der Waals surface area (Å²) in [5, 5.41) is 20.2. The highest BCUT2D eigenvalue weighted by Crippen LogP contribution is 2.32. The Bertz CT molecular complexity index is 775. The van der Waals surface area contributed by atoms with E-state index in [2.05, 4.69) is 9.97 Å². The summed E-state index contributed by atoms with van der Waals surface area (Å²) in [5.74, 6) is 0.209. The Morgan fingerprint density at radius 3 is 2.38 bits per heavy atom. The first-order chi connectivity index (χ1) is 10.1. The second kappa shape index (κ2) is 6.41. The van der Waals surface area contributed by atoms with Crippen molar-refractivity contribution in [2.45, 2.75) is 13.8 Å². The normalized spacial score (nSPS) is 10.0. The fourth-order valence-electron chi connectivity index (χ4n) is 1.87. The molecule has 0 fully saturated rings. The monoisotopic (exact) mass is 302 g/mol. The van der Waals surface area contributed by atoms with Crippen LogP contribution < -0.4 is 0 Å². The summed E-state index contributed by atoms with van der Waals surface area (Å²) < 4.78 is 0. The molecular weight excluding hydrogens is 288 g/mol. The number of hydrogen-bond acceptors (Lipinski definition) is 4. The van der Waals surface area contributed by atoms with Crippen LogP contribution in [-0.4, -0.2) is 20.2 Å². The van der Waals surface area contributed by atoms with Crippen molar-refractivity contribution in [3.63, 3.8) is 0 Å². The van der Waals surface area contributed by atoms with E-state index in [0.717, 1.165) is 5.39 Å². The van der Waals surface area contributed by atoms with Gasteiger partial charge in [0.1, 0.15) is 16.7 Å². The molecular formula is C16H15ClN2O2. The second-order valence-corrected chi connectivity index (χ2v) is 4.41. The molecule has 0 spiro atoms. The highest BCUT2D eigenvalue weighted by atomic mass is 35.5. The van der Waals surface area contributed by atoms with Crippen molar-refractivity contribution < 1.29 is 10.2 Å². The van der Waals surface area contributed by atoms with E-state index in [1.165, 1.54) is 12.1 Å². The first-order valence-electron chi connectivity index (χ1n) is 6.60. The average molecular weight is 303 g/mol. The lowest BCUT2D eigenvalue weighted by Crippen LogP contribution is -1.92. The van der Waals surface area contributed by atoms with Crippen LogP contribution in [0.15, 0.2) is 42.5 Å². The van der Waals surface area contributed by atoms with E-state index in [-0.39, 0.29) is 11.5 Å². The van der Waals surface area contributed by atoms with Crippen LogP contribution in [0.3, 0.4) is 0 Å². The summed E-state index contributed by atoms with van der Waals surface area (Å²) in [5.41, 5.74) is 1.12. The third kappa shape index (κ3) is 3.06. The van der Waals surface area contributed by atoms with Gasteiger partial charge in [0.25, 0.3) is 0 Å². The lowest BCUT2D eigenvalue weighted by Gasteiger charge is -2.06. The van der Waals surface area contributed by atoms with E-state index in [4.69, 9.17) is 11.6 Å². The van der Waals surface area contributed by atoms with Crippen molar-refractivity contribution in [2.24, 2.45) is 0 Å². The Morgan fingerprint density at radius 2 is 1.67 bits per heavy atom. The number of phenols is 2. The number of rotatable bonds is 1. The van der Waals surface area contributed by atoms with Gasteiger partial charge >= 0.3 is 0 Å². The summed E-state index contributed by atoms with van der Waals surface area (Å²) in [6.07, 6.45) is 0. The van der Waals surface area contributed by atoms with E-state index in [1.807, 2.05) is 38.1 Å². The largest absolute Gasteiger partial charge is 0.508 e. The van der Waals surface area contributed by atoms with Crippen molar-refractivity contribution in [1.82, 2.24) is 9.97 Å². The Balaban J connectivity index is 0.000000774. The van der Waals surface area contributed by atoms with Crippen LogP contribution in [0.5, 0.6) is 11.5 Å². The van der Waals surface area contributed by atoms with E-state index < -0.39 is 0 Å². The molecule has 0 atom stereocenters. The Kier molecular flexibility index (Phi) is 4.60. The SMILES string of the molecule is CC.Oc1ccc(-c2nc(Cl)c3ccccc3n2)c(O)c1. The van der Waals surface area contributed by atoms with Gasteiger partial charge in [-0.2, -0.15) is 0 Å². The first kappa shape index (κ1) is 15.1. The number of aromatic hydroxyl groups is 2. The van der Waals surface area contributed by atoms with Gasteiger partial charge in [-0.25, -0.2) is 9.97 Å². The first-order valence-corrected chi connectivity index (χ1v) is 6.97. The molecule has 0 unspecified atom stereocenters. The molecule has 0 radical (unpaired) electrons. The number of hydrogen-bond donors (Lipinski definition) is 2. The van der Waals surface area contributed by atoms with E-state index in [0.29, 0.717) is 22.1 Å². The van der Waals surface area contributed by atoms with Gasteiger partial charge in [-0.3, -0.25) is 0 Å². The highest BCUT2D eigenvalue weighted by Gasteiger charge is 2.11. The van der Waals surface area contributed by atoms with E-state index in [9.17, 15) is 10.2 Å². The number of benzene rings is 2. The molecule has 2 aromatic carbocycles. The van der Waals surface area contributed by atoms with Crippen LogP contribution in [0.1, 0.15) is 13.8 Å². The van der Waals surface area contributed by atoms with Crippen LogP contribution in [0.4, 0.5) is 0 Å². The second-order valence-electron chi connectivity index (χ2n) is 4.06. The molecule has 0 bridgehead atoms. The van der Waals surface area contributed by atoms with Crippen molar-refractivity contribution in [2.75, 3.05) is 0 Å². The Morgan fingerprint density at radius 1 is 0.952 bits per heavy atom. The van der Waals surface area contributed by atoms with Crippen LogP contribution in [-0.2, 0) is 0 Å². The van der Waals surface area contributed by atoms with Crippen LogP contribution in [0, 0.1) is 0 Å². The average Bonchev–Trinajstić information content (AvgIpc) is 2.49. The molecule has 108 valence electrons. The van der Waals surface area contributed by atoms with Gasteiger partial charge in [0.05, 0.1) is 11.1 Å². The molecule has 0 saturated carbocycles. The summed E-state index contributed by atoms with van der Waals surface area (Å²) >= 11 is 6.11. The standard InChI is InChI=1S/C14H9ClN2O2.C2H6/c15-13-9-3-1-2-4-11(9)16-14(17-13)10-6-5-8(18)7-12(10)19;1-2/h1-7,18-19H;1-2H3. The molecule has 2 N–H and O–H groups in total. The predicted molar refractivity (Wildman–Crippen MR) is 84.7 cm³/mol. The molecule has 0 amide bonds. The zero-order valence-electron chi connectivity index (χ0n) is 11.7. The molecule has 1 aromatic heterocycles. The molecule has 0 saturated heterocycles. The van der Waals surface area contributed by atoms with E-state index >= 15 is 0 Å². The van der Waals surface area contributed by atoms with Crippen molar-refractivity contribution in [3.05, 3.63) is 47.6 Å². The van der Waals surface area contributed by atoms with Gasteiger partial charge in [0.15, 0.2) is 5.82 Å². The zero-order chi connectivity index (χ0) is 15.4. The van der Waals surface area contributed by atoms with Gasteiger partial charge in [0.2, 0.25) is 0 Å². The molecule has 21 heavy (non-hydrogen) atoms. The summed E-state index contributed by atoms with van der Waals surface area (Å²) in [7, 11) is 0. The fraction of sp³-hybridized carbons (Fsp3) is 0.125. The quantitative estimate of drug-likeness (QED) is 0.654. The summed E-state index contributed by atoms with van der Waals surface area (Å²) in [6.45, 7) is 4.00. The molecule has 1 heterocycles. The maximum Gasteiger partial charge on any atom is 0.165 e. The minimum Gasteiger partial charge on any atom is -0.508 e.